The van der Waals surface area contributed by atoms with Crippen LogP contribution in [0.5, 0.6) is 0 Å². The molecule has 0 radical (unpaired) electrons. The quantitative estimate of drug-likeness (QED) is 0.400. The van der Waals surface area contributed by atoms with Crippen molar-refractivity contribution in [2.75, 3.05) is 5.32 Å². The molecule has 0 aromatic heterocycles. The third kappa shape index (κ3) is 4.12. The molecule has 2 aliphatic carbocycles. The van der Waals surface area contributed by atoms with Crippen LogP contribution < -0.4 is 5.32 Å². The Kier molecular flexibility index (Phi) is 5.84. The van der Waals surface area contributed by atoms with E-state index in [0.717, 1.165) is 55.3 Å². The number of carbonyl (C=O) groups is 1. The Morgan fingerprint density at radius 1 is 0.892 bits per heavy atom. The number of nitro groups is 1. The smallest absolute Gasteiger partial charge is 0.269 e. The van der Waals surface area contributed by atoms with Crippen LogP contribution in [0.2, 0.25) is 0 Å². The molecule has 1 N–H and O–H groups in total. The number of rotatable bonds is 5. The highest BCUT2D eigenvalue weighted by Crippen LogP contribution is 2.39. The fraction of sp³-hybridized carbons (Fsp3) is 0.321. The van der Waals surface area contributed by atoms with Gasteiger partial charge in [-0.05, 0) is 90.5 Å². The van der Waals surface area contributed by atoms with E-state index in [1.807, 2.05) is 24.3 Å². The van der Waals surface area contributed by atoms with Gasteiger partial charge in [-0.15, -0.1) is 0 Å². The van der Waals surface area contributed by atoms with Crippen molar-refractivity contribution in [1.29, 1.82) is 0 Å². The molecule has 3 aromatic rings. The maximum Gasteiger partial charge on any atom is 0.269 e. The number of nitrogens with one attached hydrogen (secondary N) is 1. The molecule has 1 aliphatic heterocycles. The van der Waals surface area contributed by atoms with Crippen LogP contribution in [0.25, 0.3) is 0 Å². The van der Waals surface area contributed by atoms with Crippen LogP contribution in [0.1, 0.15) is 46.2 Å². The first-order valence-corrected chi connectivity index (χ1v) is 14.1. The summed E-state index contributed by atoms with van der Waals surface area (Å²) in [7, 11) is -4.11. The number of sulfonamides is 1. The van der Waals surface area contributed by atoms with E-state index in [-0.39, 0.29) is 29.5 Å². The lowest BCUT2D eigenvalue weighted by Crippen LogP contribution is -2.50. The topological polar surface area (TPSA) is 110 Å². The molecule has 1 heterocycles. The number of non-ortho nitro benzene ring substituents is 1. The predicted molar refractivity (Wildman–Crippen MR) is 139 cm³/mol. The standard InChI is InChI=1S/C28H27N3O5S/c32-28(29-27-24-9-3-7-19(24)15-20-8-4-10-25(20)27)26-16-18-5-1-2-6-21(18)17-30(26)37(35,36)23-13-11-22(12-14-23)31(33)34/h1-2,5-6,11-15,26H,3-4,7-10,16-17H2,(H,29,32)/t26-/m0/s1. The van der Waals surface area contributed by atoms with Gasteiger partial charge in [-0.3, -0.25) is 14.9 Å². The predicted octanol–water partition coefficient (Wildman–Crippen LogP) is 4.33. The number of carbonyl (C=O) groups excluding carboxylic acids is 1. The van der Waals surface area contributed by atoms with Crippen molar-refractivity contribution >= 4 is 27.3 Å². The molecule has 0 bridgehead atoms. The van der Waals surface area contributed by atoms with E-state index in [1.54, 1.807) is 0 Å². The second-order valence-corrected chi connectivity index (χ2v) is 11.9. The van der Waals surface area contributed by atoms with Crippen LogP contribution in [0.15, 0.2) is 59.5 Å². The van der Waals surface area contributed by atoms with Gasteiger partial charge in [0.15, 0.2) is 0 Å². The van der Waals surface area contributed by atoms with Crippen LogP contribution in [-0.2, 0) is 53.5 Å². The van der Waals surface area contributed by atoms with Gasteiger partial charge in [0.1, 0.15) is 6.04 Å². The maximum absolute atomic E-state index is 13.9. The third-order valence-electron chi connectivity index (χ3n) is 7.88. The van der Waals surface area contributed by atoms with Crippen molar-refractivity contribution < 1.29 is 18.1 Å². The molecule has 0 spiro atoms. The Hall–Kier alpha value is -3.56. The highest BCUT2D eigenvalue weighted by atomic mass is 32.2. The number of fused-ring (bicyclic) bond motifs is 3. The molecular formula is C28H27N3O5S. The zero-order valence-corrected chi connectivity index (χ0v) is 21.1. The van der Waals surface area contributed by atoms with Crippen molar-refractivity contribution in [3.05, 3.63) is 98.1 Å². The Morgan fingerprint density at radius 2 is 1.51 bits per heavy atom. The first kappa shape index (κ1) is 23.8. The fourth-order valence-corrected chi connectivity index (χ4v) is 7.59. The Morgan fingerprint density at radius 3 is 2.14 bits per heavy atom. The number of nitrogens with zero attached hydrogens (tertiary/aromatic N) is 2. The molecule has 0 saturated heterocycles. The number of hydrogen-bond acceptors (Lipinski definition) is 5. The van der Waals surface area contributed by atoms with Gasteiger partial charge in [-0.25, -0.2) is 8.42 Å². The monoisotopic (exact) mass is 517 g/mol. The molecule has 190 valence electrons. The second kappa shape index (κ2) is 9.08. The molecule has 1 atom stereocenters. The maximum atomic E-state index is 13.9. The highest BCUT2D eigenvalue weighted by molar-refractivity contribution is 7.89. The van der Waals surface area contributed by atoms with Gasteiger partial charge in [0, 0.05) is 24.4 Å². The second-order valence-electron chi connectivity index (χ2n) is 10.0. The van der Waals surface area contributed by atoms with E-state index >= 15 is 0 Å². The van der Waals surface area contributed by atoms with Gasteiger partial charge >= 0.3 is 0 Å². The fourth-order valence-electron chi connectivity index (χ4n) is 6.02. The molecule has 1 amide bonds. The summed E-state index contributed by atoms with van der Waals surface area (Å²) in [5, 5.41) is 14.3. The largest absolute Gasteiger partial charge is 0.324 e. The molecule has 0 saturated carbocycles. The molecule has 0 fully saturated rings. The molecule has 9 heteroatoms. The Labute approximate surface area is 215 Å². The van der Waals surface area contributed by atoms with Gasteiger partial charge in [0.05, 0.1) is 9.82 Å². The molecule has 3 aromatic carbocycles. The first-order valence-electron chi connectivity index (χ1n) is 12.6. The number of amides is 1. The summed E-state index contributed by atoms with van der Waals surface area (Å²) >= 11 is 0. The number of nitro benzene ring substituents is 1. The molecule has 8 nitrogen and oxygen atoms in total. The van der Waals surface area contributed by atoms with E-state index in [0.29, 0.717) is 0 Å². The lowest BCUT2D eigenvalue weighted by molar-refractivity contribution is -0.384. The molecule has 0 unspecified atom stereocenters. The van der Waals surface area contributed by atoms with Gasteiger partial charge in [-0.1, -0.05) is 30.3 Å². The summed E-state index contributed by atoms with van der Waals surface area (Å²) in [5.74, 6) is -0.339. The Balaban J connectivity index is 1.38. The van der Waals surface area contributed by atoms with Crippen molar-refractivity contribution in [2.45, 2.75) is 62.4 Å². The average molecular weight is 518 g/mol. The van der Waals surface area contributed by atoms with Gasteiger partial charge in [-0.2, -0.15) is 4.31 Å². The van der Waals surface area contributed by atoms with E-state index < -0.39 is 21.0 Å². The van der Waals surface area contributed by atoms with Crippen molar-refractivity contribution in [3.8, 4) is 0 Å². The van der Waals surface area contributed by atoms with Crippen LogP contribution in [0.4, 0.5) is 11.4 Å². The van der Waals surface area contributed by atoms with Gasteiger partial charge in [0.2, 0.25) is 15.9 Å². The molecule has 37 heavy (non-hydrogen) atoms. The van der Waals surface area contributed by atoms with Crippen LogP contribution >= 0.6 is 0 Å². The van der Waals surface area contributed by atoms with Crippen molar-refractivity contribution in [1.82, 2.24) is 4.31 Å². The third-order valence-corrected chi connectivity index (χ3v) is 9.75. The van der Waals surface area contributed by atoms with Crippen molar-refractivity contribution in [3.63, 3.8) is 0 Å². The summed E-state index contributed by atoms with van der Waals surface area (Å²) in [5.41, 5.74) is 7.45. The summed E-state index contributed by atoms with van der Waals surface area (Å²) in [6.45, 7) is 0.0542. The minimum atomic E-state index is -4.11. The lowest BCUT2D eigenvalue weighted by Gasteiger charge is -2.35. The van der Waals surface area contributed by atoms with Crippen LogP contribution in [0, 0.1) is 10.1 Å². The van der Waals surface area contributed by atoms with Crippen LogP contribution in [-0.4, -0.2) is 29.6 Å². The number of anilines is 1. The molecule has 6 rings (SSSR count). The Bertz CT molecular complexity index is 1500. The number of hydrogen-bond donors (Lipinski definition) is 1. The van der Waals surface area contributed by atoms with E-state index in [2.05, 4.69) is 11.4 Å². The number of aryl methyl sites for hydroxylation is 2. The SMILES string of the molecule is O=C(Nc1c2c(cc3c1CCC3)CCC2)[C@@H]1Cc2ccccc2CN1S(=O)(=O)c1ccc([N+](=O)[O-])cc1. The lowest BCUT2D eigenvalue weighted by atomic mass is 9.94. The zero-order chi connectivity index (χ0) is 25.7. The van der Waals surface area contributed by atoms with Crippen molar-refractivity contribution in [2.24, 2.45) is 0 Å². The summed E-state index contributed by atoms with van der Waals surface area (Å²) < 4.78 is 28.8. The van der Waals surface area contributed by atoms with Gasteiger partial charge < -0.3 is 5.32 Å². The normalized spacial score (nSPS) is 18.6. The van der Waals surface area contributed by atoms with Crippen LogP contribution in [0.3, 0.4) is 0 Å². The summed E-state index contributed by atoms with van der Waals surface area (Å²) in [4.78, 5) is 24.3. The number of benzene rings is 3. The highest BCUT2D eigenvalue weighted by Gasteiger charge is 2.40. The van der Waals surface area contributed by atoms with E-state index in [4.69, 9.17) is 0 Å². The zero-order valence-electron chi connectivity index (χ0n) is 20.3. The average Bonchev–Trinajstić information content (AvgIpc) is 3.57. The molecular weight excluding hydrogens is 490 g/mol. The van der Waals surface area contributed by atoms with E-state index in [1.165, 1.54) is 50.8 Å². The summed E-state index contributed by atoms with van der Waals surface area (Å²) in [6, 6.07) is 13.7. The summed E-state index contributed by atoms with van der Waals surface area (Å²) in [6.07, 6.45) is 6.20. The van der Waals surface area contributed by atoms with Gasteiger partial charge in [0.25, 0.3) is 5.69 Å². The molecule has 3 aliphatic rings. The van der Waals surface area contributed by atoms with E-state index in [9.17, 15) is 23.3 Å². The minimum absolute atomic E-state index is 0.0542. The minimum Gasteiger partial charge on any atom is -0.324 e. The first-order chi connectivity index (χ1) is 17.8.